The SMILES string of the molecule is CCCNC(c1cc(C)ccn1)C1CCC(C)CC1. The summed E-state index contributed by atoms with van der Waals surface area (Å²) in [6.07, 6.45) is 8.58. The van der Waals surface area contributed by atoms with Gasteiger partial charge in [0, 0.05) is 6.20 Å². The van der Waals surface area contributed by atoms with Crippen molar-refractivity contribution >= 4 is 0 Å². The van der Waals surface area contributed by atoms with E-state index in [2.05, 4.69) is 43.2 Å². The van der Waals surface area contributed by atoms with Gasteiger partial charge in [-0.25, -0.2) is 0 Å². The van der Waals surface area contributed by atoms with Gasteiger partial charge in [-0.15, -0.1) is 0 Å². The predicted molar refractivity (Wildman–Crippen MR) is 81.1 cm³/mol. The van der Waals surface area contributed by atoms with E-state index in [1.54, 1.807) is 0 Å². The Bertz CT molecular complexity index is 381. The Morgan fingerprint density at radius 2 is 2.05 bits per heavy atom. The molecule has 2 heteroatoms. The first-order valence-corrected chi connectivity index (χ1v) is 7.86. The highest BCUT2D eigenvalue weighted by atomic mass is 14.9. The molecule has 0 spiro atoms. The minimum absolute atomic E-state index is 0.451. The number of pyridine rings is 1. The smallest absolute Gasteiger partial charge is 0.0578 e. The summed E-state index contributed by atoms with van der Waals surface area (Å²) in [6, 6.07) is 4.79. The number of hydrogen-bond acceptors (Lipinski definition) is 2. The molecular weight excluding hydrogens is 232 g/mol. The second-order valence-electron chi connectivity index (χ2n) is 6.21. The molecule has 1 aliphatic carbocycles. The summed E-state index contributed by atoms with van der Waals surface area (Å²) < 4.78 is 0. The molecule has 106 valence electrons. The van der Waals surface area contributed by atoms with Crippen LogP contribution in [-0.2, 0) is 0 Å². The predicted octanol–water partition coefficient (Wildman–Crippen LogP) is 4.26. The molecule has 2 rings (SSSR count). The molecule has 1 heterocycles. The van der Waals surface area contributed by atoms with Crippen molar-refractivity contribution in [3.63, 3.8) is 0 Å². The van der Waals surface area contributed by atoms with Gasteiger partial charge >= 0.3 is 0 Å². The number of rotatable bonds is 5. The third-order valence-corrected chi connectivity index (χ3v) is 4.40. The van der Waals surface area contributed by atoms with Crippen LogP contribution in [0.4, 0.5) is 0 Å². The Balaban J connectivity index is 2.11. The zero-order chi connectivity index (χ0) is 13.7. The van der Waals surface area contributed by atoms with Crippen LogP contribution in [0.15, 0.2) is 18.3 Å². The molecule has 1 unspecified atom stereocenters. The Hall–Kier alpha value is -0.890. The van der Waals surface area contributed by atoms with E-state index in [9.17, 15) is 0 Å². The fourth-order valence-corrected chi connectivity index (χ4v) is 3.16. The second kappa shape index (κ2) is 7.04. The van der Waals surface area contributed by atoms with Gasteiger partial charge in [0.25, 0.3) is 0 Å². The third-order valence-electron chi connectivity index (χ3n) is 4.40. The van der Waals surface area contributed by atoms with Crippen LogP contribution in [-0.4, -0.2) is 11.5 Å². The quantitative estimate of drug-likeness (QED) is 0.855. The molecule has 1 N–H and O–H groups in total. The molecule has 0 saturated heterocycles. The van der Waals surface area contributed by atoms with Crippen molar-refractivity contribution < 1.29 is 0 Å². The van der Waals surface area contributed by atoms with Crippen molar-refractivity contribution in [2.24, 2.45) is 11.8 Å². The Morgan fingerprint density at radius 1 is 1.32 bits per heavy atom. The lowest BCUT2D eigenvalue weighted by molar-refractivity contribution is 0.229. The van der Waals surface area contributed by atoms with Gasteiger partial charge in [0.05, 0.1) is 11.7 Å². The van der Waals surface area contributed by atoms with Crippen LogP contribution >= 0.6 is 0 Å². The molecule has 0 amide bonds. The molecule has 1 atom stereocenters. The van der Waals surface area contributed by atoms with Gasteiger partial charge in [-0.2, -0.15) is 0 Å². The maximum atomic E-state index is 4.62. The molecule has 0 aromatic carbocycles. The Labute approximate surface area is 118 Å². The molecule has 1 aliphatic rings. The van der Waals surface area contributed by atoms with Gasteiger partial charge in [0.1, 0.15) is 0 Å². The molecule has 0 aliphatic heterocycles. The van der Waals surface area contributed by atoms with Crippen LogP contribution in [0.2, 0.25) is 0 Å². The molecule has 1 aromatic heterocycles. The van der Waals surface area contributed by atoms with Crippen LogP contribution in [0.5, 0.6) is 0 Å². The highest BCUT2D eigenvalue weighted by molar-refractivity contribution is 5.18. The van der Waals surface area contributed by atoms with Crippen molar-refractivity contribution in [2.45, 2.75) is 58.9 Å². The summed E-state index contributed by atoms with van der Waals surface area (Å²) in [5.74, 6) is 1.67. The monoisotopic (exact) mass is 260 g/mol. The fourth-order valence-electron chi connectivity index (χ4n) is 3.16. The average molecular weight is 260 g/mol. The summed E-state index contributed by atoms with van der Waals surface area (Å²) in [6.45, 7) is 7.86. The van der Waals surface area contributed by atoms with Gasteiger partial charge in [0.15, 0.2) is 0 Å². The van der Waals surface area contributed by atoms with Crippen molar-refractivity contribution in [3.8, 4) is 0 Å². The normalized spacial score (nSPS) is 25.2. The molecule has 1 fully saturated rings. The largest absolute Gasteiger partial charge is 0.308 e. The van der Waals surface area contributed by atoms with Gasteiger partial charge in [-0.05, 0) is 62.3 Å². The van der Waals surface area contributed by atoms with Gasteiger partial charge in [-0.1, -0.05) is 26.7 Å². The number of aryl methyl sites for hydroxylation is 1. The van der Waals surface area contributed by atoms with E-state index >= 15 is 0 Å². The van der Waals surface area contributed by atoms with E-state index in [4.69, 9.17) is 0 Å². The van der Waals surface area contributed by atoms with Crippen molar-refractivity contribution in [1.29, 1.82) is 0 Å². The second-order valence-corrected chi connectivity index (χ2v) is 6.21. The van der Waals surface area contributed by atoms with E-state index < -0.39 is 0 Å². The maximum absolute atomic E-state index is 4.62. The lowest BCUT2D eigenvalue weighted by Crippen LogP contribution is -2.32. The Morgan fingerprint density at radius 3 is 2.68 bits per heavy atom. The zero-order valence-electron chi connectivity index (χ0n) is 12.7. The Kier molecular flexibility index (Phi) is 5.38. The first kappa shape index (κ1) is 14.5. The summed E-state index contributed by atoms with van der Waals surface area (Å²) >= 11 is 0. The third kappa shape index (κ3) is 4.04. The standard InChI is InChI=1S/C17H28N2/c1-4-10-19-17(15-7-5-13(2)6-8-15)16-12-14(3)9-11-18-16/h9,11-13,15,17,19H,4-8,10H2,1-3H3. The van der Waals surface area contributed by atoms with Crippen LogP contribution < -0.4 is 5.32 Å². The molecule has 1 saturated carbocycles. The van der Waals surface area contributed by atoms with Crippen molar-refractivity contribution in [1.82, 2.24) is 10.3 Å². The number of nitrogens with zero attached hydrogens (tertiary/aromatic N) is 1. The maximum Gasteiger partial charge on any atom is 0.0578 e. The minimum Gasteiger partial charge on any atom is -0.308 e. The number of aromatic nitrogens is 1. The number of hydrogen-bond donors (Lipinski definition) is 1. The average Bonchev–Trinajstić information content (AvgIpc) is 2.41. The van der Waals surface area contributed by atoms with E-state index in [1.165, 1.54) is 43.4 Å². The van der Waals surface area contributed by atoms with Crippen LogP contribution in [0.3, 0.4) is 0 Å². The van der Waals surface area contributed by atoms with Crippen LogP contribution in [0, 0.1) is 18.8 Å². The molecular formula is C17H28N2. The van der Waals surface area contributed by atoms with Gasteiger partial charge < -0.3 is 5.32 Å². The molecule has 0 radical (unpaired) electrons. The first-order valence-electron chi connectivity index (χ1n) is 7.86. The fraction of sp³-hybridized carbons (Fsp3) is 0.706. The van der Waals surface area contributed by atoms with Crippen LogP contribution in [0.25, 0.3) is 0 Å². The van der Waals surface area contributed by atoms with Crippen molar-refractivity contribution in [3.05, 3.63) is 29.6 Å². The minimum atomic E-state index is 0.451. The van der Waals surface area contributed by atoms with Gasteiger partial charge in [-0.3, -0.25) is 4.98 Å². The molecule has 1 aromatic rings. The summed E-state index contributed by atoms with van der Waals surface area (Å²) in [5, 5.41) is 3.73. The number of nitrogens with one attached hydrogen (secondary N) is 1. The van der Waals surface area contributed by atoms with Gasteiger partial charge in [0.2, 0.25) is 0 Å². The summed E-state index contributed by atoms with van der Waals surface area (Å²) in [5.41, 5.74) is 2.56. The van der Waals surface area contributed by atoms with Crippen molar-refractivity contribution in [2.75, 3.05) is 6.54 Å². The lowest BCUT2D eigenvalue weighted by atomic mass is 9.78. The molecule has 2 nitrogen and oxygen atoms in total. The molecule has 19 heavy (non-hydrogen) atoms. The van der Waals surface area contributed by atoms with E-state index in [-0.39, 0.29) is 0 Å². The lowest BCUT2D eigenvalue weighted by Gasteiger charge is -2.33. The summed E-state index contributed by atoms with van der Waals surface area (Å²) in [7, 11) is 0. The van der Waals surface area contributed by atoms with E-state index in [0.29, 0.717) is 6.04 Å². The van der Waals surface area contributed by atoms with E-state index in [0.717, 1.165) is 18.4 Å². The van der Waals surface area contributed by atoms with Crippen LogP contribution in [0.1, 0.15) is 63.3 Å². The highest BCUT2D eigenvalue weighted by Crippen LogP contribution is 2.36. The first-order chi connectivity index (χ1) is 9.20. The molecule has 0 bridgehead atoms. The zero-order valence-corrected chi connectivity index (χ0v) is 12.7. The topological polar surface area (TPSA) is 24.9 Å². The summed E-state index contributed by atoms with van der Waals surface area (Å²) in [4.78, 5) is 4.62. The van der Waals surface area contributed by atoms with E-state index in [1.807, 2.05) is 6.20 Å². The highest BCUT2D eigenvalue weighted by Gasteiger charge is 2.27.